The number of halogens is 2. The highest BCUT2D eigenvalue weighted by molar-refractivity contribution is 5.30. The molecule has 2 nitrogen and oxygen atoms in total. The van der Waals surface area contributed by atoms with Crippen molar-refractivity contribution < 1.29 is 13.5 Å². The summed E-state index contributed by atoms with van der Waals surface area (Å²) >= 11 is 0. The van der Waals surface area contributed by atoms with Crippen LogP contribution in [0.15, 0.2) is 23.6 Å². The molecule has 0 aromatic heterocycles. The number of ether oxygens (including phenoxy) is 1. The Hall–Kier alpha value is -1.06. The van der Waals surface area contributed by atoms with Crippen LogP contribution in [0.5, 0.6) is 0 Å². The normalized spacial score (nSPS) is 18.1. The maximum atomic E-state index is 12.9. The Bertz CT molecular complexity index is 253. The lowest BCUT2D eigenvalue weighted by atomic mass is 10.1. The van der Waals surface area contributed by atoms with Crippen LogP contribution >= 0.6 is 0 Å². The maximum Gasteiger partial charge on any atom is 0.272 e. The number of likely N-dealkylation sites (N-methyl/N-ethyl adjacent to an activating group) is 1. The van der Waals surface area contributed by atoms with E-state index in [4.69, 9.17) is 4.74 Å². The van der Waals surface area contributed by atoms with Crippen molar-refractivity contribution in [3.05, 3.63) is 23.6 Å². The summed E-state index contributed by atoms with van der Waals surface area (Å²) in [4.78, 5) is 1.67. The van der Waals surface area contributed by atoms with Gasteiger partial charge in [0.05, 0.1) is 13.7 Å². The second-order valence-corrected chi connectivity index (χ2v) is 3.20. The second-order valence-electron chi connectivity index (χ2n) is 3.20. The molecule has 0 fully saturated rings. The van der Waals surface area contributed by atoms with E-state index in [-0.39, 0.29) is 5.57 Å². The molecular formula is C9H13F2NO. The first-order valence-corrected chi connectivity index (χ1v) is 3.98. The zero-order valence-electron chi connectivity index (χ0n) is 7.97. The molecule has 1 heterocycles. The van der Waals surface area contributed by atoms with E-state index in [0.29, 0.717) is 12.3 Å². The zero-order valence-corrected chi connectivity index (χ0v) is 7.97. The summed E-state index contributed by atoms with van der Waals surface area (Å²) in [5.41, 5.74) is -0.0156. The molecule has 0 unspecified atom stereocenters. The van der Waals surface area contributed by atoms with Gasteiger partial charge in [0, 0.05) is 25.7 Å². The monoisotopic (exact) mass is 189 g/mol. The van der Waals surface area contributed by atoms with Crippen molar-refractivity contribution in [3.8, 4) is 0 Å². The van der Waals surface area contributed by atoms with Crippen LogP contribution in [0.4, 0.5) is 8.78 Å². The number of alkyl halides is 2. The fourth-order valence-corrected chi connectivity index (χ4v) is 1.15. The molecule has 13 heavy (non-hydrogen) atoms. The molecule has 0 atom stereocenters. The van der Waals surface area contributed by atoms with Gasteiger partial charge in [-0.25, -0.2) is 8.78 Å². The van der Waals surface area contributed by atoms with Gasteiger partial charge in [0.25, 0.3) is 5.92 Å². The summed E-state index contributed by atoms with van der Waals surface area (Å²) in [7, 11) is 3.22. The van der Waals surface area contributed by atoms with Crippen LogP contribution in [-0.4, -0.2) is 31.5 Å². The molecule has 4 heteroatoms. The molecule has 0 bridgehead atoms. The van der Waals surface area contributed by atoms with Gasteiger partial charge in [0.15, 0.2) is 0 Å². The Morgan fingerprint density at radius 2 is 2.15 bits per heavy atom. The first-order chi connectivity index (χ1) is 5.93. The maximum absolute atomic E-state index is 12.9. The standard InChI is InChI=1S/C9H13F2NO/c1-9(10,11)7-4-8(13-3)6-12(2)5-7/h4-5H,6H2,1-3H3. The van der Waals surface area contributed by atoms with Crippen LogP contribution in [0.25, 0.3) is 0 Å². The molecule has 0 aromatic rings. The van der Waals surface area contributed by atoms with Gasteiger partial charge < -0.3 is 9.64 Å². The second kappa shape index (κ2) is 3.36. The Balaban J connectivity index is 2.91. The first-order valence-electron chi connectivity index (χ1n) is 3.98. The van der Waals surface area contributed by atoms with Gasteiger partial charge in [-0.2, -0.15) is 0 Å². The molecule has 0 aliphatic carbocycles. The van der Waals surface area contributed by atoms with E-state index in [2.05, 4.69) is 0 Å². The van der Waals surface area contributed by atoms with Crippen molar-refractivity contribution in [2.24, 2.45) is 0 Å². The van der Waals surface area contributed by atoms with Gasteiger partial charge >= 0.3 is 0 Å². The third-order valence-corrected chi connectivity index (χ3v) is 1.85. The van der Waals surface area contributed by atoms with Crippen molar-refractivity contribution in [2.75, 3.05) is 20.7 Å². The summed E-state index contributed by atoms with van der Waals surface area (Å²) in [6.45, 7) is 1.41. The summed E-state index contributed by atoms with van der Waals surface area (Å²) in [5.74, 6) is -2.25. The molecule has 0 radical (unpaired) electrons. The predicted octanol–water partition coefficient (Wildman–Crippen LogP) is 2.00. The lowest BCUT2D eigenvalue weighted by molar-refractivity contribution is 0.0635. The van der Waals surface area contributed by atoms with E-state index in [1.165, 1.54) is 19.4 Å². The smallest absolute Gasteiger partial charge is 0.272 e. The number of nitrogens with zero attached hydrogens (tertiary/aromatic N) is 1. The van der Waals surface area contributed by atoms with Gasteiger partial charge in [-0.15, -0.1) is 0 Å². The van der Waals surface area contributed by atoms with Crippen LogP contribution in [0.3, 0.4) is 0 Å². The van der Waals surface area contributed by atoms with E-state index in [1.54, 1.807) is 11.9 Å². The van der Waals surface area contributed by atoms with Crippen LogP contribution in [0, 0.1) is 0 Å². The largest absolute Gasteiger partial charge is 0.499 e. The fraction of sp³-hybridized carbons (Fsp3) is 0.556. The molecule has 1 rings (SSSR count). The SMILES string of the molecule is COC1=CC(C(C)(F)F)=CN(C)C1. The molecule has 1 aliphatic rings. The summed E-state index contributed by atoms with van der Waals surface area (Å²) in [6.07, 6.45) is 2.82. The van der Waals surface area contributed by atoms with Crippen molar-refractivity contribution in [1.82, 2.24) is 4.90 Å². The average Bonchev–Trinajstić information content (AvgIpc) is 2.01. The topological polar surface area (TPSA) is 12.5 Å². The van der Waals surface area contributed by atoms with Gasteiger partial charge in [-0.05, 0) is 6.08 Å². The van der Waals surface area contributed by atoms with E-state index < -0.39 is 5.92 Å². The molecule has 0 N–H and O–H groups in total. The van der Waals surface area contributed by atoms with Crippen LogP contribution < -0.4 is 0 Å². The molecule has 0 aromatic carbocycles. The van der Waals surface area contributed by atoms with E-state index >= 15 is 0 Å². The molecule has 0 saturated heterocycles. The molecule has 0 amide bonds. The lowest BCUT2D eigenvalue weighted by Crippen LogP contribution is -2.25. The molecule has 0 saturated carbocycles. The van der Waals surface area contributed by atoms with E-state index in [0.717, 1.165) is 6.92 Å². The number of allylic oxidation sites excluding steroid dienone is 2. The van der Waals surface area contributed by atoms with Crippen LogP contribution in [0.2, 0.25) is 0 Å². The Kier molecular flexibility index (Phi) is 2.59. The van der Waals surface area contributed by atoms with Crippen molar-refractivity contribution in [1.29, 1.82) is 0 Å². The van der Waals surface area contributed by atoms with Crippen molar-refractivity contribution >= 4 is 0 Å². The highest BCUT2D eigenvalue weighted by Crippen LogP contribution is 2.28. The quantitative estimate of drug-likeness (QED) is 0.658. The Morgan fingerprint density at radius 1 is 1.54 bits per heavy atom. The van der Waals surface area contributed by atoms with Crippen LogP contribution in [-0.2, 0) is 4.74 Å². The average molecular weight is 189 g/mol. The number of hydrogen-bond acceptors (Lipinski definition) is 2. The third kappa shape index (κ3) is 2.44. The Morgan fingerprint density at radius 3 is 2.62 bits per heavy atom. The lowest BCUT2D eigenvalue weighted by Gasteiger charge is -2.24. The third-order valence-electron chi connectivity index (χ3n) is 1.85. The molecule has 0 spiro atoms. The highest BCUT2D eigenvalue weighted by Gasteiger charge is 2.28. The number of rotatable bonds is 2. The van der Waals surface area contributed by atoms with Gasteiger partial charge in [0.2, 0.25) is 0 Å². The van der Waals surface area contributed by atoms with Gasteiger partial charge in [0.1, 0.15) is 5.76 Å². The van der Waals surface area contributed by atoms with E-state index in [9.17, 15) is 8.78 Å². The van der Waals surface area contributed by atoms with Crippen molar-refractivity contribution in [2.45, 2.75) is 12.8 Å². The van der Waals surface area contributed by atoms with E-state index in [1.807, 2.05) is 0 Å². The molecule has 74 valence electrons. The minimum atomic E-state index is -2.81. The summed E-state index contributed by atoms with van der Waals surface area (Å²) < 4.78 is 30.7. The first kappa shape index (κ1) is 10.0. The van der Waals surface area contributed by atoms with Crippen molar-refractivity contribution in [3.63, 3.8) is 0 Å². The highest BCUT2D eigenvalue weighted by atomic mass is 19.3. The van der Waals surface area contributed by atoms with Crippen LogP contribution in [0.1, 0.15) is 6.92 Å². The summed E-state index contributed by atoms with van der Waals surface area (Å²) in [5, 5.41) is 0. The Labute approximate surface area is 76.5 Å². The van der Waals surface area contributed by atoms with Gasteiger partial charge in [-0.3, -0.25) is 0 Å². The molecular weight excluding hydrogens is 176 g/mol. The predicted molar refractivity (Wildman–Crippen MR) is 46.4 cm³/mol. The zero-order chi connectivity index (χ0) is 10.1. The van der Waals surface area contributed by atoms with Gasteiger partial charge in [-0.1, -0.05) is 0 Å². The number of methoxy groups -OCH3 is 1. The minimum Gasteiger partial charge on any atom is -0.499 e. The minimum absolute atomic E-state index is 0.0156. The fourth-order valence-electron chi connectivity index (χ4n) is 1.15. The summed E-state index contributed by atoms with van der Waals surface area (Å²) in [6, 6.07) is 0. The number of hydrogen-bond donors (Lipinski definition) is 0. The molecule has 1 aliphatic heterocycles.